The van der Waals surface area contributed by atoms with Crippen molar-refractivity contribution in [1.82, 2.24) is 5.32 Å². The lowest BCUT2D eigenvalue weighted by molar-refractivity contribution is -0.147. The van der Waals surface area contributed by atoms with E-state index in [0.29, 0.717) is 12.8 Å². The number of hydrogen-bond donors (Lipinski definition) is 2. The van der Waals surface area contributed by atoms with Crippen LogP contribution >= 0.6 is 0 Å². The highest BCUT2D eigenvalue weighted by Gasteiger charge is 2.35. The molecule has 1 fully saturated rings. The fourth-order valence-electron chi connectivity index (χ4n) is 2.24. The van der Waals surface area contributed by atoms with Crippen molar-refractivity contribution in [3.63, 3.8) is 0 Å². The van der Waals surface area contributed by atoms with Crippen molar-refractivity contribution in [2.24, 2.45) is 11.8 Å². The van der Waals surface area contributed by atoms with Crippen LogP contribution in [0.25, 0.3) is 0 Å². The van der Waals surface area contributed by atoms with Gasteiger partial charge in [-0.2, -0.15) is 0 Å². The monoisotopic (exact) mass is 223 g/mol. The number of carbonyl (C=O) groups is 2. The number of rotatable bonds is 3. The SMILES string of the molecule is O=C(O)C1CC=CCC1C(=O)NC1CCC1. The van der Waals surface area contributed by atoms with E-state index in [1.807, 2.05) is 12.2 Å². The third kappa shape index (κ3) is 2.26. The van der Waals surface area contributed by atoms with E-state index in [2.05, 4.69) is 5.32 Å². The molecule has 2 aliphatic rings. The first-order chi connectivity index (χ1) is 7.68. The molecular formula is C12H17NO3. The van der Waals surface area contributed by atoms with Gasteiger partial charge in [0.15, 0.2) is 0 Å². The molecule has 0 saturated heterocycles. The third-order valence-electron chi connectivity index (χ3n) is 3.54. The second-order valence-electron chi connectivity index (χ2n) is 4.63. The van der Waals surface area contributed by atoms with E-state index < -0.39 is 11.9 Å². The Kier molecular flexibility index (Phi) is 3.27. The van der Waals surface area contributed by atoms with Gasteiger partial charge in [0.1, 0.15) is 0 Å². The van der Waals surface area contributed by atoms with Gasteiger partial charge in [-0.15, -0.1) is 0 Å². The average molecular weight is 223 g/mol. The number of carboxylic acid groups (broad SMARTS) is 1. The zero-order chi connectivity index (χ0) is 11.5. The Hall–Kier alpha value is -1.32. The van der Waals surface area contributed by atoms with Crippen molar-refractivity contribution in [1.29, 1.82) is 0 Å². The highest BCUT2D eigenvalue weighted by Crippen LogP contribution is 2.27. The van der Waals surface area contributed by atoms with Crippen molar-refractivity contribution in [3.8, 4) is 0 Å². The summed E-state index contributed by atoms with van der Waals surface area (Å²) in [6.45, 7) is 0. The molecular weight excluding hydrogens is 206 g/mol. The lowest BCUT2D eigenvalue weighted by atomic mass is 9.81. The van der Waals surface area contributed by atoms with E-state index >= 15 is 0 Å². The van der Waals surface area contributed by atoms with Crippen molar-refractivity contribution in [2.75, 3.05) is 0 Å². The molecule has 16 heavy (non-hydrogen) atoms. The van der Waals surface area contributed by atoms with E-state index in [9.17, 15) is 9.59 Å². The maximum absolute atomic E-state index is 11.9. The Morgan fingerprint density at radius 2 is 1.75 bits per heavy atom. The average Bonchev–Trinajstić information content (AvgIpc) is 2.23. The molecule has 2 unspecified atom stereocenters. The first kappa shape index (κ1) is 11.2. The molecule has 1 saturated carbocycles. The Morgan fingerprint density at radius 1 is 1.12 bits per heavy atom. The van der Waals surface area contributed by atoms with Gasteiger partial charge in [0, 0.05) is 6.04 Å². The van der Waals surface area contributed by atoms with Crippen molar-refractivity contribution >= 4 is 11.9 Å². The van der Waals surface area contributed by atoms with Crippen molar-refractivity contribution < 1.29 is 14.7 Å². The van der Waals surface area contributed by atoms with Gasteiger partial charge < -0.3 is 10.4 Å². The van der Waals surface area contributed by atoms with Crippen LogP contribution in [-0.4, -0.2) is 23.0 Å². The molecule has 0 radical (unpaired) electrons. The summed E-state index contributed by atoms with van der Waals surface area (Å²) in [6, 6.07) is 0.285. The summed E-state index contributed by atoms with van der Waals surface area (Å²) in [5.41, 5.74) is 0. The van der Waals surface area contributed by atoms with Gasteiger partial charge >= 0.3 is 5.97 Å². The molecule has 4 nitrogen and oxygen atoms in total. The topological polar surface area (TPSA) is 66.4 Å². The van der Waals surface area contributed by atoms with Crippen LogP contribution in [-0.2, 0) is 9.59 Å². The van der Waals surface area contributed by atoms with E-state index in [1.165, 1.54) is 0 Å². The quantitative estimate of drug-likeness (QED) is 0.709. The van der Waals surface area contributed by atoms with E-state index in [0.717, 1.165) is 19.3 Å². The summed E-state index contributed by atoms with van der Waals surface area (Å²) in [6.07, 6.45) is 8.01. The molecule has 1 amide bonds. The fourth-order valence-corrected chi connectivity index (χ4v) is 2.24. The minimum absolute atomic E-state index is 0.0820. The van der Waals surface area contributed by atoms with E-state index in [-0.39, 0.29) is 17.9 Å². The largest absolute Gasteiger partial charge is 0.481 e. The zero-order valence-electron chi connectivity index (χ0n) is 9.19. The molecule has 2 N–H and O–H groups in total. The number of carbonyl (C=O) groups excluding carboxylic acids is 1. The summed E-state index contributed by atoms with van der Waals surface area (Å²) in [5.74, 6) is -1.88. The summed E-state index contributed by atoms with van der Waals surface area (Å²) in [5, 5.41) is 12.0. The van der Waals surface area contributed by atoms with Gasteiger partial charge in [0.2, 0.25) is 5.91 Å². The Bertz CT molecular complexity index is 320. The number of hydrogen-bond acceptors (Lipinski definition) is 2. The molecule has 0 aromatic rings. The highest BCUT2D eigenvalue weighted by atomic mass is 16.4. The molecule has 0 aromatic carbocycles. The second-order valence-corrected chi connectivity index (χ2v) is 4.63. The van der Waals surface area contributed by atoms with E-state index in [1.54, 1.807) is 0 Å². The smallest absolute Gasteiger partial charge is 0.307 e. The van der Waals surface area contributed by atoms with Gasteiger partial charge in [-0.3, -0.25) is 9.59 Å². The predicted octanol–water partition coefficient (Wildman–Crippen LogP) is 1.32. The molecule has 4 heteroatoms. The standard InChI is InChI=1S/C12H17NO3/c14-11(13-8-4-3-5-8)9-6-1-2-7-10(9)12(15)16/h1-2,8-10H,3-7H2,(H,13,14)(H,15,16). The van der Waals surface area contributed by atoms with Crippen molar-refractivity contribution in [2.45, 2.75) is 38.1 Å². The molecule has 2 rings (SSSR count). The summed E-state index contributed by atoms with van der Waals surface area (Å²) >= 11 is 0. The number of carboxylic acids is 1. The summed E-state index contributed by atoms with van der Waals surface area (Å²) in [7, 11) is 0. The second kappa shape index (κ2) is 4.68. The van der Waals surface area contributed by atoms with Crippen LogP contribution in [0.2, 0.25) is 0 Å². The van der Waals surface area contributed by atoms with Gasteiger partial charge in [-0.25, -0.2) is 0 Å². The van der Waals surface area contributed by atoms with Crippen LogP contribution < -0.4 is 5.32 Å². The lowest BCUT2D eigenvalue weighted by Crippen LogP contribution is -2.45. The van der Waals surface area contributed by atoms with Crippen LogP contribution in [0.4, 0.5) is 0 Å². The Balaban J connectivity index is 1.96. The van der Waals surface area contributed by atoms with Gasteiger partial charge in [-0.05, 0) is 32.1 Å². The maximum Gasteiger partial charge on any atom is 0.307 e. The first-order valence-electron chi connectivity index (χ1n) is 5.86. The van der Waals surface area contributed by atoms with Gasteiger partial charge in [0.05, 0.1) is 11.8 Å². The number of amides is 1. The van der Waals surface area contributed by atoms with E-state index in [4.69, 9.17) is 5.11 Å². The molecule has 0 spiro atoms. The fraction of sp³-hybridized carbons (Fsp3) is 0.667. The van der Waals surface area contributed by atoms with Crippen LogP contribution in [0.3, 0.4) is 0 Å². The first-order valence-corrected chi connectivity index (χ1v) is 5.86. The Morgan fingerprint density at radius 3 is 2.25 bits per heavy atom. The molecule has 0 heterocycles. The number of allylic oxidation sites excluding steroid dienone is 2. The lowest BCUT2D eigenvalue weighted by Gasteiger charge is -2.30. The highest BCUT2D eigenvalue weighted by molar-refractivity contribution is 5.85. The molecule has 2 atom stereocenters. The molecule has 88 valence electrons. The van der Waals surface area contributed by atoms with Crippen LogP contribution in [0.5, 0.6) is 0 Å². The normalized spacial score (nSPS) is 29.5. The van der Waals surface area contributed by atoms with Crippen molar-refractivity contribution in [3.05, 3.63) is 12.2 Å². The minimum Gasteiger partial charge on any atom is -0.481 e. The van der Waals surface area contributed by atoms with Gasteiger partial charge in [0.25, 0.3) is 0 Å². The van der Waals surface area contributed by atoms with Gasteiger partial charge in [-0.1, -0.05) is 12.2 Å². The maximum atomic E-state index is 11.9. The Labute approximate surface area is 94.7 Å². The molecule has 0 aliphatic heterocycles. The summed E-state index contributed by atoms with van der Waals surface area (Å²) < 4.78 is 0. The molecule has 2 aliphatic carbocycles. The summed E-state index contributed by atoms with van der Waals surface area (Å²) in [4.78, 5) is 22.9. The number of aliphatic carboxylic acids is 1. The third-order valence-corrected chi connectivity index (χ3v) is 3.54. The molecule has 0 bridgehead atoms. The number of nitrogens with one attached hydrogen (secondary N) is 1. The minimum atomic E-state index is -0.863. The van der Waals surface area contributed by atoms with Crippen LogP contribution in [0, 0.1) is 11.8 Å². The predicted molar refractivity (Wildman–Crippen MR) is 58.8 cm³/mol. The zero-order valence-corrected chi connectivity index (χ0v) is 9.19. The van der Waals surface area contributed by atoms with Crippen LogP contribution in [0.15, 0.2) is 12.2 Å². The molecule has 0 aromatic heterocycles. The van der Waals surface area contributed by atoms with Crippen LogP contribution in [0.1, 0.15) is 32.1 Å².